The summed E-state index contributed by atoms with van der Waals surface area (Å²) in [6, 6.07) is 19.0. The van der Waals surface area contributed by atoms with Crippen molar-refractivity contribution in [2.45, 2.75) is 6.04 Å². The number of hydrogen-bond acceptors (Lipinski definition) is 6. The number of rotatable bonds is 3. The molecule has 0 aliphatic carbocycles. The fourth-order valence-corrected chi connectivity index (χ4v) is 4.59. The van der Waals surface area contributed by atoms with Crippen LogP contribution in [-0.4, -0.2) is 26.8 Å². The maximum absolute atomic E-state index is 13.1. The van der Waals surface area contributed by atoms with Crippen molar-refractivity contribution in [2.24, 2.45) is 0 Å². The lowest BCUT2D eigenvalue weighted by molar-refractivity contribution is -0.132. The number of amides is 1. The number of fused-ring (bicyclic) bond motifs is 1. The monoisotopic (exact) mass is 413 g/mol. The number of aliphatic hydroxyl groups is 1. The molecule has 5 rings (SSSR count). The van der Waals surface area contributed by atoms with Gasteiger partial charge in [0.05, 0.1) is 21.8 Å². The van der Waals surface area contributed by atoms with Crippen LogP contribution in [0.5, 0.6) is 0 Å². The van der Waals surface area contributed by atoms with Crippen LogP contribution in [0.2, 0.25) is 0 Å². The first-order valence-electron chi connectivity index (χ1n) is 9.27. The second-order valence-corrected chi connectivity index (χ2v) is 7.79. The average Bonchev–Trinajstić information content (AvgIpc) is 3.33. The minimum atomic E-state index is -0.820. The molecule has 1 atom stereocenters. The SMILES string of the molecule is O=C1C(=O)N(c2nc3ccccc3s2)C(c2cccnc2)/C1=C(\O)c1ccccc1. The molecule has 146 valence electrons. The maximum atomic E-state index is 13.1. The van der Waals surface area contributed by atoms with E-state index in [1.54, 1.807) is 48.8 Å². The van der Waals surface area contributed by atoms with E-state index in [0.717, 1.165) is 10.2 Å². The topological polar surface area (TPSA) is 83.4 Å². The highest BCUT2D eigenvalue weighted by molar-refractivity contribution is 7.22. The van der Waals surface area contributed by atoms with Gasteiger partial charge in [-0.05, 0) is 23.8 Å². The summed E-state index contributed by atoms with van der Waals surface area (Å²) in [6.45, 7) is 0. The zero-order valence-electron chi connectivity index (χ0n) is 15.6. The van der Waals surface area contributed by atoms with Crippen LogP contribution in [0.1, 0.15) is 17.2 Å². The van der Waals surface area contributed by atoms with Gasteiger partial charge >= 0.3 is 5.91 Å². The molecule has 1 fully saturated rings. The van der Waals surface area contributed by atoms with E-state index in [9.17, 15) is 14.7 Å². The van der Waals surface area contributed by atoms with Gasteiger partial charge in [0, 0.05) is 18.0 Å². The number of para-hydroxylation sites is 1. The summed E-state index contributed by atoms with van der Waals surface area (Å²) in [5.41, 5.74) is 1.85. The number of Topliss-reactive ketones (excluding diaryl/α,β-unsaturated/α-hetero) is 1. The number of aromatic nitrogens is 2. The molecule has 2 aromatic carbocycles. The molecule has 30 heavy (non-hydrogen) atoms. The third kappa shape index (κ3) is 2.87. The van der Waals surface area contributed by atoms with Crippen LogP contribution < -0.4 is 4.90 Å². The van der Waals surface area contributed by atoms with E-state index in [0.29, 0.717) is 16.3 Å². The minimum Gasteiger partial charge on any atom is -0.507 e. The average molecular weight is 413 g/mol. The molecular weight excluding hydrogens is 398 g/mol. The van der Waals surface area contributed by atoms with Crippen molar-refractivity contribution in [3.8, 4) is 0 Å². The predicted molar refractivity (Wildman–Crippen MR) is 115 cm³/mol. The van der Waals surface area contributed by atoms with Gasteiger partial charge in [0.25, 0.3) is 5.78 Å². The highest BCUT2D eigenvalue weighted by Gasteiger charge is 2.48. The van der Waals surface area contributed by atoms with E-state index in [2.05, 4.69) is 9.97 Å². The summed E-state index contributed by atoms with van der Waals surface area (Å²) < 4.78 is 0.905. The second-order valence-electron chi connectivity index (χ2n) is 6.79. The first-order valence-corrected chi connectivity index (χ1v) is 10.1. The standard InChI is InChI=1S/C23H15N3O3S/c27-20(14-7-2-1-3-8-14)18-19(15-9-6-12-24-13-15)26(22(29)21(18)28)23-25-16-10-4-5-11-17(16)30-23/h1-13,19,27H/b20-18+. The van der Waals surface area contributed by atoms with E-state index < -0.39 is 17.7 Å². The van der Waals surface area contributed by atoms with Crippen LogP contribution in [0, 0.1) is 0 Å². The molecule has 0 spiro atoms. The van der Waals surface area contributed by atoms with Crippen molar-refractivity contribution >= 4 is 44.1 Å². The molecule has 3 heterocycles. The maximum Gasteiger partial charge on any atom is 0.301 e. The van der Waals surface area contributed by atoms with Crippen LogP contribution in [0.3, 0.4) is 0 Å². The number of hydrogen-bond donors (Lipinski definition) is 1. The lowest BCUT2D eigenvalue weighted by Gasteiger charge is -2.22. The summed E-state index contributed by atoms with van der Waals surface area (Å²) in [7, 11) is 0. The van der Waals surface area contributed by atoms with Crippen LogP contribution in [0.25, 0.3) is 16.0 Å². The fraction of sp³-hybridized carbons (Fsp3) is 0.0435. The summed E-state index contributed by atoms with van der Waals surface area (Å²) in [5.74, 6) is -1.68. The van der Waals surface area contributed by atoms with E-state index in [-0.39, 0.29) is 11.3 Å². The number of ketones is 1. The smallest absolute Gasteiger partial charge is 0.301 e. The molecule has 1 aliphatic heterocycles. The Bertz CT molecular complexity index is 1270. The van der Waals surface area contributed by atoms with Gasteiger partial charge in [0.1, 0.15) is 5.76 Å². The Labute approximate surface area is 175 Å². The van der Waals surface area contributed by atoms with Gasteiger partial charge in [-0.25, -0.2) is 4.98 Å². The number of carbonyl (C=O) groups is 2. The van der Waals surface area contributed by atoms with Gasteiger partial charge < -0.3 is 5.11 Å². The number of carbonyl (C=O) groups excluding carboxylic acids is 2. The lowest BCUT2D eigenvalue weighted by atomic mass is 9.96. The zero-order valence-corrected chi connectivity index (χ0v) is 16.4. The highest BCUT2D eigenvalue weighted by atomic mass is 32.1. The number of thiazole rings is 1. The highest BCUT2D eigenvalue weighted by Crippen LogP contribution is 2.43. The summed E-state index contributed by atoms with van der Waals surface area (Å²) in [4.78, 5) is 36.2. The number of nitrogens with zero attached hydrogens (tertiary/aromatic N) is 3. The third-order valence-corrected chi connectivity index (χ3v) is 6.02. The Hall–Kier alpha value is -3.84. The molecule has 0 bridgehead atoms. The van der Waals surface area contributed by atoms with Crippen molar-refractivity contribution in [2.75, 3.05) is 4.90 Å². The number of anilines is 1. The zero-order chi connectivity index (χ0) is 20.7. The van der Waals surface area contributed by atoms with E-state index >= 15 is 0 Å². The van der Waals surface area contributed by atoms with Gasteiger partial charge in [0.2, 0.25) is 0 Å². The first-order chi connectivity index (χ1) is 14.6. The Morgan fingerprint density at radius 3 is 2.47 bits per heavy atom. The van der Waals surface area contributed by atoms with Crippen LogP contribution in [0.4, 0.5) is 5.13 Å². The molecule has 6 nitrogen and oxygen atoms in total. The molecule has 1 saturated heterocycles. The minimum absolute atomic E-state index is 0.0263. The molecule has 1 amide bonds. The largest absolute Gasteiger partial charge is 0.507 e. The predicted octanol–water partition coefficient (Wildman–Crippen LogP) is 4.32. The Balaban J connectivity index is 1.74. The fourth-order valence-electron chi connectivity index (χ4n) is 3.60. The number of aliphatic hydroxyl groups excluding tert-OH is 1. The molecule has 1 aliphatic rings. The quantitative estimate of drug-likeness (QED) is 0.307. The second kappa shape index (κ2) is 7.20. The van der Waals surface area contributed by atoms with Crippen molar-refractivity contribution < 1.29 is 14.7 Å². The molecule has 4 aromatic rings. The van der Waals surface area contributed by atoms with E-state index in [1.165, 1.54) is 16.2 Å². The molecule has 2 aromatic heterocycles. The van der Waals surface area contributed by atoms with E-state index in [4.69, 9.17) is 0 Å². The van der Waals surface area contributed by atoms with Gasteiger partial charge in [-0.1, -0.05) is 59.9 Å². The van der Waals surface area contributed by atoms with Crippen LogP contribution in [-0.2, 0) is 9.59 Å². The molecule has 1 unspecified atom stereocenters. The van der Waals surface area contributed by atoms with Crippen molar-refractivity contribution in [3.05, 3.63) is 95.8 Å². The molecule has 1 N–H and O–H groups in total. The molecule has 0 radical (unpaired) electrons. The van der Waals surface area contributed by atoms with Crippen molar-refractivity contribution in [1.82, 2.24) is 9.97 Å². The van der Waals surface area contributed by atoms with Crippen LogP contribution in [0.15, 0.2) is 84.7 Å². The summed E-state index contributed by atoms with van der Waals surface area (Å²) >= 11 is 1.33. The molecule has 7 heteroatoms. The van der Waals surface area contributed by atoms with Gasteiger partial charge in [0.15, 0.2) is 5.13 Å². The van der Waals surface area contributed by atoms with Crippen molar-refractivity contribution in [3.63, 3.8) is 0 Å². The van der Waals surface area contributed by atoms with Crippen LogP contribution >= 0.6 is 11.3 Å². The van der Waals surface area contributed by atoms with Gasteiger partial charge in [-0.2, -0.15) is 0 Å². The summed E-state index contributed by atoms with van der Waals surface area (Å²) in [5, 5.41) is 11.4. The number of pyridine rings is 1. The first kappa shape index (κ1) is 18.2. The Morgan fingerprint density at radius 1 is 0.967 bits per heavy atom. The van der Waals surface area contributed by atoms with Gasteiger partial charge in [-0.3, -0.25) is 19.5 Å². The third-order valence-electron chi connectivity index (χ3n) is 4.98. The van der Waals surface area contributed by atoms with Gasteiger partial charge in [-0.15, -0.1) is 0 Å². The molecule has 0 saturated carbocycles. The summed E-state index contributed by atoms with van der Waals surface area (Å²) in [6.07, 6.45) is 3.21. The van der Waals surface area contributed by atoms with Crippen molar-refractivity contribution in [1.29, 1.82) is 0 Å². The Kier molecular flexibility index (Phi) is 4.37. The normalized spacial score (nSPS) is 18.3. The lowest BCUT2D eigenvalue weighted by Crippen LogP contribution is -2.29. The van der Waals surface area contributed by atoms with E-state index in [1.807, 2.05) is 30.3 Å². The molecular formula is C23H15N3O3S. The Morgan fingerprint density at radius 2 is 1.73 bits per heavy atom. The number of benzene rings is 2.